The van der Waals surface area contributed by atoms with Gasteiger partial charge in [0.05, 0.1) is 6.54 Å². The van der Waals surface area contributed by atoms with Crippen molar-refractivity contribution in [1.29, 1.82) is 0 Å². The molecule has 6 nitrogen and oxygen atoms in total. The SMILES string of the molecule is Cc1cnc(OC2CCCN(c3ncnc(C)c3C)C2)nc1. The number of aryl methyl sites for hydroxylation is 2. The topological polar surface area (TPSA) is 64.0 Å². The normalized spacial score (nSPS) is 18.3. The molecule has 1 aliphatic rings. The summed E-state index contributed by atoms with van der Waals surface area (Å²) < 4.78 is 5.92. The summed E-state index contributed by atoms with van der Waals surface area (Å²) in [7, 11) is 0. The van der Waals surface area contributed by atoms with E-state index in [0.717, 1.165) is 48.6 Å². The van der Waals surface area contributed by atoms with Crippen LogP contribution in [0, 0.1) is 20.8 Å². The van der Waals surface area contributed by atoms with Crippen molar-refractivity contribution in [2.24, 2.45) is 0 Å². The Hall–Kier alpha value is -2.24. The van der Waals surface area contributed by atoms with Crippen molar-refractivity contribution >= 4 is 5.82 Å². The van der Waals surface area contributed by atoms with Gasteiger partial charge < -0.3 is 9.64 Å². The standard InChI is InChI=1S/C16H21N5O/c1-11-7-17-16(18-8-11)22-14-5-4-6-21(9-14)15-12(2)13(3)19-10-20-15/h7-8,10,14H,4-6,9H2,1-3H3. The molecule has 1 atom stereocenters. The smallest absolute Gasteiger partial charge is 0.316 e. The molecule has 0 radical (unpaired) electrons. The van der Waals surface area contributed by atoms with Crippen LogP contribution in [-0.4, -0.2) is 39.1 Å². The van der Waals surface area contributed by atoms with E-state index >= 15 is 0 Å². The number of piperidine rings is 1. The van der Waals surface area contributed by atoms with E-state index in [4.69, 9.17) is 4.74 Å². The molecule has 0 aromatic carbocycles. The van der Waals surface area contributed by atoms with Gasteiger partial charge in [-0.15, -0.1) is 0 Å². The second-order valence-corrected chi connectivity index (χ2v) is 5.78. The van der Waals surface area contributed by atoms with Crippen LogP contribution in [0.5, 0.6) is 6.01 Å². The number of hydrogen-bond donors (Lipinski definition) is 0. The lowest BCUT2D eigenvalue weighted by Gasteiger charge is -2.34. The highest BCUT2D eigenvalue weighted by molar-refractivity contribution is 5.47. The third-order valence-corrected chi connectivity index (χ3v) is 4.02. The first-order chi connectivity index (χ1) is 10.6. The van der Waals surface area contributed by atoms with Gasteiger partial charge in [-0.25, -0.2) is 19.9 Å². The molecule has 0 bridgehead atoms. The molecule has 2 aromatic rings. The van der Waals surface area contributed by atoms with Crippen molar-refractivity contribution in [3.05, 3.63) is 35.5 Å². The Morgan fingerprint density at radius 3 is 2.64 bits per heavy atom. The Morgan fingerprint density at radius 2 is 1.86 bits per heavy atom. The van der Waals surface area contributed by atoms with Crippen molar-refractivity contribution in [2.45, 2.75) is 39.7 Å². The second kappa shape index (κ2) is 6.25. The van der Waals surface area contributed by atoms with Crippen molar-refractivity contribution in [3.63, 3.8) is 0 Å². The Bertz CT molecular complexity index is 643. The number of hydrogen-bond acceptors (Lipinski definition) is 6. The monoisotopic (exact) mass is 299 g/mol. The lowest BCUT2D eigenvalue weighted by atomic mass is 10.1. The molecule has 0 aliphatic carbocycles. The number of nitrogens with zero attached hydrogens (tertiary/aromatic N) is 5. The van der Waals surface area contributed by atoms with Crippen molar-refractivity contribution < 1.29 is 4.74 Å². The zero-order valence-corrected chi connectivity index (χ0v) is 13.3. The fourth-order valence-corrected chi connectivity index (χ4v) is 2.66. The molecule has 0 saturated carbocycles. The fourth-order valence-electron chi connectivity index (χ4n) is 2.66. The van der Waals surface area contributed by atoms with Crippen LogP contribution in [0.1, 0.15) is 29.7 Å². The average molecular weight is 299 g/mol. The molecule has 6 heteroatoms. The maximum absolute atomic E-state index is 5.92. The maximum atomic E-state index is 5.92. The second-order valence-electron chi connectivity index (χ2n) is 5.78. The van der Waals surface area contributed by atoms with Gasteiger partial charge in [-0.3, -0.25) is 0 Å². The number of anilines is 1. The van der Waals surface area contributed by atoms with Crippen LogP contribution in [0.2, 0.25) is 0 Å². The summed E-state index contributed by atoms with van der Waals surface area (Å²) in [5, 5.41) is 0. The van der Waals surface area contributed by atoms with E-state index in [2.05, 4.69) is 31.8 Å². The van der Waals surface area contributed by atoms with Crippen LogP contribution >= 0.6 is 0 Å². The highest BCUT2D eigenvalue weighted by atomic mass is 16.5. The number of aromatic nitrogens is 4. The van der Waals surface area contributed by atoms with Gasteiger partial charge in [0.25, 0.3) is 0 Å². The van der Waals surface area contributed by atoms with Crippen LogP contribution in [0.25, 0.3) is 0 Å². The van der Waals surface area contributed by atoms with Crippen LogP contribution in [0.15, 0.2) is 18.7 Å². The summed E-state index contributed by atoms with van der Waals surface area (Å²) in [5.74, 6) is 1.01. The first-order valence-electron chi connectivity index (χ1n) is 7.62. The Balaban J connectivity index is 1.71. The van der Waals surface area contributed by atoms with E-state index in [1.807, 2.05) is 13.8 Å². The molecule has 1 aliphatic heterocycles. The largest absolute Gasteiger partial charge is 0.458 e. The quantitative estimate of drug-likeness (QED) is 0.866. The minimum atomic E-state index is 0.0890. The molecule has 2 aromatic heterocycles. The molecule has 0 amide bonds. The average Bonchev–Trinajstić information content (AvgIpc) is 2.53. The molecule has 22 heavy (non-hydrogen) atoms. The van der Waals surface area contributed by atoms with Crippen molar-refractivity contribution in [2.75, 3.05) is 18.0 Å². The Kier molecular flexibility index (Phi) is 4.18. The van der Waals surface area contributed by atoms with Crippen molar-refractivity contribution in [1.82, 2.24) is 19.9 Å². The first kappa shape index (κ1) is 14.7. The third-order valence-electron chi connectivity index (χ3n) is 4.02. The molecular formula is C16H21N5O. The molecule has 1 fully saturated rings. The van der Waals surface area contributed by atoms with Gasteiger partial charge in [0.2, 0.25) is 0 Å². The van der Waals surface area contributed by atoms with Gasteiger partial charge in [-0.05, 0) is 39.2 Å². The van der Waals surface area contributed by atoms with Crippen LogP contribution < -0.4 is 9.64 Å². The molecular weight excluding hydrogens is 278 g/mol. The number of rotatable bonds is 3. The third kappa shape index (κ3) is 3.16. The summed E-state index contributed by atoms with van der Waals surface area (Å²) in [5.41, 5.74) is 3.19. The van der Waals surface area contributed by atoms with Gasteiger partial charge >= 0.3 is 6.01 Å². The maximum Gasteiger partial charge on any atom is 0.316 e. The van der Waals surface area contributed by atoms with E-state index in [0.29, 0.717) is 6.01 Å². The molecule has 0 N–H and O–H groups in total. The van der Waals surface area contributed by atoms with E-state index in [-0.39, 0.29) is 6.10 Å². The Morgan fingerprint density at radius 1 is 1.09 bits per heavy atom. The summed E-state index contributed by atoms with van der Waals surface area (Å²) in [6.45, 7) is 7.84. The molecule has 0 spiro atoms. The highest BCUT2D eigenvalue weighted by Crippen LogP contribution is 2.23. The van der Waals surface area contributed by atoms with Crippen molar-refractivity contribution in [3.8, 4) is 6.01 Å². The van der Waals surface area contributed by atoms with E-state index < -0.39 is 0 Å². The zero-order chi connectivity index (χ0) is 15.5. The minimum absolute atomic E-state index is 0.0890. The van der Waals surface area contributed by atoms with Gasteiger partial charge in [0.15, 0.2) is 0 Å². The summed E-state index contributed by atoms with van der Waals surface area (Å²) in [4.78, 5) is 19.4. The van der Waals surface area contributed by atoms with Gasteiger partial charge in [0.1, 0.15) is 18.2 Å². The summed E-state index contributed by atoms with van der Waals surface area (Å²) in [6, 6.07) is 0.452. The Labute approximate surface area is 130 Å². The van der Waals surface area contributed by atoms with Crippen LogP contribution in [0.4, 0.5) is 5.82 Å². The zero-order valence-electron chi connectivity index (χ0n) is 13.3. The number of ether oxygens (including phenoxy) is 1. The molecule has 1 saturated heterocycles. The first-order valence-corrected chi connectivity index (χ1v) is 7.62. The predicted octanol–water partition coefficient (Wildman–Crippen LogP) is 2.24. The van der Waals surface area contributed by atoms with Gasteiger partial charge in [-0.1, -0.05) is 0 Å². The lowest BCUT2D eigenvalue weighted by molar-refractivity contribution is 0.164. The summed E-state index contributed by atoms with van der Waals surface area (Å²) in [6.07, 6.45) is 7.36. The van der Waals surface area contributed by atoms with E-state index in [1.165, 1.54) is 0 Å². The minimum Gasteiger partial charge on any atom is -0.458 e. The molecule has 1 unspecified atom stereocenters. The molecule has 3 heterocycles. The fraction of sp³-hybridized carbons (Fsp3) is 0.500. The molecule has 3 rings (SSSR count). The van der Waals surface area contributed by atoms with Crippen LogP contribution in [0.3, 0.4) is 0 Å². The highest BCUT2D eigenvalue weighted by Gasteiger charge is 2.24. The van der Waals surface area contributed by atoms with E-state index in [9.17, 15) is 0 Å². The van der Waals surface area contributed by atoms with Crippen LogP contribution in [-0.2, 0) is 0 Å². The van der Waals surface area contributed by atoms with Gasteiger partial charge in [0, 0.05) is 30.2 Å². The lowest BCUT2D eigenvalue weighted by Crippen LogP contribution is -2.42. The predicted molar refractivity (Wildman–Crippen MR) is 84.1 cm³/mol. The van der Waals surface area contributed by atoms with Gasteiger partial charge in [-0.2, -0.15) is 0 Å². The van der Waals surface area contributed by atoms with E-state index in [1.54, 1.807) is 18.7 Å². The summed E-state index contributed by atoms with van der Waals surface area (Å²) >= 11 is 0. The molecule has 116 valence electrons.